The summed E-state index contributed by atoms with van der Waals surface area (Å²) in [5.74, 6) is -0.648. The Bertz CT molecular complexity index is 970. The van der Waals surface area contributed by atoms with Gasteiger partial charge in [-0.15, -0.1) is 0 Å². The molecule has 0 bridgehead atoms. The highest BCUT2D eigenvalue weighted by Gasteiger charge is 2.19. The van der Waals surface area contributed by atoms with E-state index in [4.69, 9.17) is 4.74 Å². The number of hydrogen-bond donors (Lipinski definition) is 1. The first-order valence-corrected chi connectivity index (χ1v) is 9.97. The number of ether oxygens (including phenoxy) is 1. The van der Waals surface area contributed by atoms with Gasteiger partial charge in [-0.2, -0.15) is 0 Å². The first-order valence-electron chi connectivity index (χ1n) is 8.07. The maximum atomic E-state index is 12.5. The van der Waals surface area contributed by atoms with E-state index in [9.17, 15) is 23.3 Å². The number of benzene rings is 2. The highest BCUT2D eigenvalue weighted by molar-refractivity contribution is 7.90. The normalized spacial score (nSPS) is 11.4. The Labute approximate surface area is 157 Å². The molecular formula is C18H20N2O6S. The summed E-state index contributed by atoms with van der Waals surface area (Å²) < 4.78 is 29.0. The van der Waals surface area contributed by atoms with Gasteiger partial charge in [-0.3, -0.25) is 14.9 Å². The fraction of sp³-hybridized carbons (Fsp3) is 0.278. The molecule has 8 nitrogen and oxygen atoms in total. The number of hydrogen-bond acceptors (Lipinski definition) is 6. The number of nitro groups is 1. The van der Waals surface area contributed by atoms with Crippen LogP contribution in [0.25, 0.3) is 0 Å². The molecule has 0 saturated carbocycles. The molecule has 0 atom stereocenters. The van der Waals surface area contributed by atoms with Gasteiger partial charge in [0, 0.05) is 29.6 Å². The molecule has 0 fully saturated rings. The summed E-state index contributed by atoms with van der Waals surface area (Å²) in [6.07, 6.45) is 0.980. The van der Waals surface area contributed by atoms with E-state index in [1.807, 2.05) is 19.9 Å². The third-order valence-corrected chi connectivity index (χ3v) is 4.65. The molecule has 1 amide bonds. The van der Waals surface area contributed by atoms with E-state index >= 15 is 0 Å². The predicted octanol–water partition coefficient (Wildman–Crippen LogP) is 3.18. The van der Waals surface area contributed by atoms with E-state index in [0.717, 1.165) is 30.0 Å². The van der Waals surface area contributed by atoms with Gasteiger partial charge >= 0.3 is 0 Å². The van der Waals surface area contributed by atoms with Gasteiger partial charge in [0.25, 0.3) is 11.6 Å². The molecular weight excluding hydrogens is 372 g/mol. The van der Waals surface area contributed by atoms with Crippen LogP contribution < -0.4 is 5.32 Å². The minimum atomic E-state index is -3.71. The molecule has 0 unspecified atom stereocenters. The smallest absolute Gasteiger partial charge is 0.271 e. The van der Waals surface area contributed by atoms with Gasteiger partial charge in [-0.05, 0) is 37.6 Å². The molecule has 0 radical (unpaired) electrons. The van der Waals surface area contributed by atoms with Crippen LogP contribution in [0.1, 0.15) is 29.8 Å². The molecule has 0 heterocycles. The lowest BCUT2D eigenvalue weighted by atomic mass is 10.1. The number of nitrogens with zero attached hydrogens (tertiary/aromatic N) is 1. The Morgan fingerprint density at radius 1 is 1.22 bits per heavy atom. The number of amides is 1. The van der Waals surface area contributed by atoms with Crippen molar-refractivity contribution in [2.24, 2.45) is 0 Å². The zero-order valence-corrected chi connectivity index (χ0v) is 15.9. The Balaban J connectivity index is 2.29. The predicted molar refractivity (Wildman–Crippen MR) is 101 cm³/mol. The first kappa shape index (κ1) is 20.5. The van der Waals surface area contributed by atoms with Crippen molar-refractivity contribution in [3.63, 3.8) is 0 Å². The fourth-order valence-corrected chi connectivity index (χ4v) is 2.91. The lowest BCUT2D eigenvalue weighted by Crippen LogP contribution is -2.13. The number of sulfone groups is 1. The van der Waals surface area contributed by atoms with Gasteiger partial charge in [-0.1, -0.05) is 12.1 Å². The van der Waals surface area contributed by atoms with Crippen molar-refractivity contribution in [3.8, 4) is 0 Å². The lowest BCUT2D eigenvalue weighted by molar-refractivity contribution is -0.385. The Kier molecular flexibility index (Phi) is 6.29. The zero-order valence-electron chi connectivity index (χ0n) is 15.1. The van der Waals surface area contributed by atoms with Gasteiger partial charge in [0.1, 0.15) is 0 Å². The number of carbonyl (C=O) groups is 1. The maximum absolute atomic E-state index is 12.5. The van der Waals surface area contributed by atoms with Crippen LogP contribution in [0.4, 0.5) is 11.4 Å². The van der Waals surface area contributed by atoms with E-state index < -0.39 is 26.4 Å². The molecule has 0 spiro atoms. The third-order valence-electron chi connectivity index (χ3n) is 3.56. The molecule has 144 valence electrons. The van der Waals surface area contributed by atoms with Crippen molar-refractivity contribution >= 4 is 27.1 Å². The summed E-state index contributed by atoms with van der Waals surface area (Å²) in [7, 11) is -3.71. The number of nitro benzene ring substituents is 1. The van der Waals surface area contributed by atoms with Crippen molar-refractivity contribution in [1.82, 2.24) is 0 Å². The van der Waals surface area contributed by atoms with E-state index in [-0.39, 0.29) is 16.6 Å². The minimum Gasteiger partial charge on any atom is -0.374 e. The number of carbonyl (C=O) groups excluding carboxylic acids is 1. The lowest BCUT2D eigenvalue weighted by Gasteiger charge is -2.10. The highest BCUT2D eigenvalue weighted by atomic mass is 32.2. The third kappa shape index (κ3) is 5.87. The van der Waals surface area contributed by atoms with Crippen molar-refractivity contribution in [3.05, 3.63) is 63.7 Å². The highest BCUT2D eigenvalue weighted by Crippen LogP contribution is 2.22. The van der Waals surface area contributed by atoms with Gasteiger partial charge in [0.05, 0.1) is 22.5 Å². The summed E-state index contributed by atoms with van der Waals surface area (Å²) >= 11 is 0. The summed E-state index contributed by atoms with van der Waals surface area (Å²) in [6, 6.07) is 10.0. The van der Waals surface area contributed by atoms with Gasteiger partial charge < -0.3 is 10.1 Å². The summed E-state index contributed by atoms with van der Waals surface area (Å²) in [4.78, 5) is 22.5. The molecule has 0 saturated heterocycles. The number of non-ortho nitro benzene ring substituents is 1. The van der Waals surface area contributed by atoms with Crippen LogP contribution in [0.5, 0.6) is 0 Å². The second-order valence-electron chi connectivity index (χ2n) is 6.26. The summed E-state index contributed by atoms with van der Waals surface area (Å²) in [5.41, 5.74) is 0.727. The summed E-state index contributed by atoms with van der Waals surface area (Å²) in [5, 5.41) is 13.7. The average molecular weight is 392 g/mol. The Morgan fingerprint density at radius 3 is 2.52 bits per heavy atom. The Hall–Kier alpha value is -2.78. The number of nitrogens with one attached hydrogen (secondary N) is 1. The van der Waals surface area contributed by atoms with Gasteiger partial charge in [-0.25, -0.2) is 8.42 Å². The van der Waals surface area contributed by atoms with Crippen molar-refractivity contribution in [2.45, 2.75) is 31.5 Å². The first-order chi connectivity index (χ1) is 12.6. The molecule has 0 aromatic heterocycles. The minimum absolute atomic E-state index is 0.0579. The van der Waals surface area contributed by atoms with Crippen molar-refractivity contribution in [2.75, 3.05) is 11.6 Å². The molecule has 2 rings (SSSR count). The summed E-state index contributed by atoms with van der Waals surface area (Å²) in [6.45, 7) is 4.19. The number of rotatable bonds is 7. The van der Waals surface area contributed by atoms with Crippen LogP contribution in [0.2, 0.25) is 0 Å². The van der Waals surface area contributed by atoms with Gasteiger partial charge in [0.2, 0.25) is 0 Å². The second kappa shape index (κ2) is 8.28. The number of anilines is 1. The fourth-order valence-electron chi connectivity index (χ4n) is 2.24. The van der Waals surface area contributed by atoms with Crippen LogP contribution in [-0.4, -0.2) is 31.6 Å². The monoisotopic (exact) mass is 392 g/mol. The molecule has 2 aromatic carbocycles. The maximum Gasteiger partial charge on any atom is 0.271 e. The van der Waals surface area contributed by atoms with Crippen molar-refractivity contribution < 1.29 is 22.9 Å². The van der Waals surface area contributed by atoms with E-state index in [1.165, 1.54) is 0 Å². The largest absolute Gasteiger partial charge is 0.374 e. The van der Waals surface area contributed by atoms with E-state index in [2.05, 4.69) is 5.32 Å². The van der Waals surface area contributed by atoms with Crippen LogP contribution in [0.15, 0.2) is 47.4 Å². The van der Waals surface area contributed by atoms with Crippen LogP contribution in [0.3, 0.4) is 0 Å². The standard InChI is InChI=1S/C18H20N2O6S/c1-12(2)26-11-13-5-4-6-15(7-13)19-18(21)14-8-16(20(22)23)10-17(9-14)27(3,24)25/h4-10,12H,11H2,1-3H3,(H,19,21). The topological polar surface area (TPSA) is 116 Å². The molecule has 2 aromatic rings. The van der Waals surface area contributed by atoms with E-state index in [1.54, 1.807) is 18.2 Å². The Morgan fingerprint density at radius 2 is 1.93 bits per heavy atom. The molecule has 27 heavy (non-hydrogen) atoms. The van der Waals surface area contributed by atoms with Crippen molar-refractivity contribution in [1.29, 1.82) is 0 Å². The quantitative estimate of drug-likeness (QED) is 0.571. The zero-order chi connectivity index (χ0) is 20.2. The van der Waals surface area contributed by atoms with Gasteiger partial charge in [0.15, 0.2) is 9.84 Å². The molecule has 9 heteroatoms. The molecule has 0 aliphatic carbocycles. The second-order valence-corrected chi connectivity index (χ2v) is 8.27. The van der Waals surface area contributed by atoms with Crippen LogP contribution in [-0.2, 0) is 21.2 Å². The molecule has 0 aliphatic rings. The molecule has 0 aliphatic heterocycles. The van der Waals surface area contributed by atoms with Crippen LogP contribution in [0, 0.1) is 10.1 Å². The average Bonchev–Trinajstić information content (AvgIpc) is 2.59. The van der Waals surface area contributed by atoms with Crippen LogP contribution >= 0.6 is 0 Å². The SMILES string of the molecule is CC(C)OCc1cccc(NC(=O)c2cc([N+](=O)[O-])cc(S(C)(=O)=O)c2)c1. The molecule has 1 N–H and O–H groups in total. The van der Waals surface area contributed by atoms with E-state index in [0.29, 0.717) is 12.3 Å².